The average Bonchev–Trinajstić information content (AvgIpc) is 3.55. The number of amides is 5. The van der Waals surface area contributed by atoms with Gasteiger partial charge in [-0.2, -0.15) is 0 Å². The van der Waals surface area contributed by atoms with Crippen molar-refractivity contribution in [3.8, 4) is 16.9 Å². The molecule has 64 heavy (non-hydrogen) atoms. The molecule has 5 rings (SSSR count). The minimum absolute atomic E-state index is 0.00481. The van der Waals surface area contributed by atoms with Gasteiger partial charge in [0, 0.05) is 25.2 Å². The predicted octanol–water partition coefficient (Wildman–Crippen LogP) is 5.18. The monoisotopic (exact) mass is 877 g/mol. The van der Waals surface area contributed by atoms with E-state index in [0.29, 0.717) is 11.3 Å². The number of benzene rings is 4. The molecule has 1 aliphatic rings. The maximum absolute atomic E-state index is 14.4. The highest BCUT2D eigenvalue weighted by Crippen LogP contribution is 2.44. The number of hydrogen-bond acceptors (Lipinski definition) is 9. The van der Waals surface area contributed by atoms with Gasteiger partial charge in [0.25, 0.3) is 0 Å². The van der Waals surface area contributed by atoms with E-state index in [1.165, 1.54) is 0 Å². The second kappa shape index (κ2) is 21.6. The molecule has 4 atom stereocenters. The van der Waals surface area contributed by atoms with Gasteiger partial charge in [-0.1, -0.05) is 91.0 Å². The Balaban J connectivity index is 1.40. The van der Waals surface area contributed by atoms with E-state index < -0.39 is 71.1 Å². The third-order valence-electron chi connectivity index (χ3n) is 10.3. The van der Waals surface area contributed by atoms with Crippen LogP contribution in [0.15, 0.2) is 103 Å². The van der Waals surface area contributed by atoms with Crippen LogP contribution in [-0.4, -0.2) is 89.4 Å². The fourth-order valence-electron chi connectivity index (χ4n) is 7.21. The number of nitrogens with two attached hydrogens (primary N) is 1. The number of primary amides is 1. The summed E-state index contributed by atoms with van der Waals surface area (Å²) in [5, 5.41) is 20.4. The Morgan fingerprint density at radius 1 is 0.609 bits per heavy atom. The molecule has 0 heterocycles. The fraction of sp³-hybridized carbons (Fsp3) is 0.388. The highest BCUT2D eigenvalue weighted by Gasteiger charge is 2.34. The van der Waals surface area contributed by atoms with Crippen LogP contribution >= 0.6 is 0 Å². The number of carbonyl (C=O) groups is 6. The van der Waals surface area contributed by atoms with Crippen molar-refractivity contribution in [1.29, 1.82) is 0 Å². The first-order valence-electron chi connectivity index (χ1n) is 21.3. The maximum atomic E-state index is 14.4. The summed E-state index contributed by atoms with van der Waals surface area (Å²) in [6, 6.07) is 26.3. The molecule has 0 aliphatic heterocycles. The van der Waals surface area contributed by atoms with Gasteiger partial charge >= 0.3 is 12.1 Å². The lowest BCUT2D eigenvalue weighted by atomic mass is 9.98. The molecule has 0 aromatic heterocycles. The first kappa shape index (κ1) is 48.3. The average molecular weight is 878 g/mol. The van der Waals surface area contributed by atoms with Gasteiger partial charge in [0.05, 0.1) is 12.2 Å². The van der Waals surface area contributed by atoms with Gasteiger partial charge < -0.3 is 46.3 Å². The smallest absolute Gasteiger partial charge is 0.407 e. The zero-order chi connectivity index (χ0) is 46.6. The number of alkyl carbamates (subject to hydrolysis) is 1. The molecular formula is C49H59N5O10. The van der Waals surface area contributed by atoms with E-state index in [0.717, 1.165) is 27.8 Å². The van der Waals surface area contributed by atoms with E-state index in [2.05, 4.69) is 21.3 Å². The van der Waals surface area contributed by atoms with E-state index in [1.807, 2.05) is 75.4 Å². The molecule has 15 nitrogen and oxygen atoms in total. The van der Waals surface area contributed by atoms with Crippen LogP contribution in [0.3, 0.4) is 0 Å². The SMILES string of the molecule is CC(C)(C)OC[C@H](NC(=O)[C@H](Cc1ccc(OC(C)(C)C)cc1)NC(=O)[C@H](Cc1ccccc1)NC(=O)OCC1c2ccccc2-c2ccccc21)C(=O)N[C@@H](CCC(N)=O)C(=O)O. The third-order valence-corrected chi connectivity index (χ3v) is 10.3. The van der Waals surface area contributed by atoms with Gasteiger partial charge in [-0.25, -0.2) is 9.59 Å². The molecule has 0 fully saturated rings. The van der Waals surface area contributed by atoms with E-state index in [-0.39, 0.29) is 44.8 Å². The standard InChI is InChI=1S/C49H59N5O10/c1-48(2,3)63-29-41(45(58)51-38(46(59)60)24-25-42(50)55)53-43(56)39(27-31-20-22-32(23-21-31)64-49(4,5)6)52-44(57)40(26-30-14-8-7-9-15-30)54-47(61)62-28-37-35-18-12-10-16-33(35)34-17-11-13-19-36(34)37/h7-23,37-41H,24-29H2,1-6H3,(H2,50,55)(H,51,58)(H,52,57)(H,53,56)(H,54,61)(H,59,60)/t38-,39-,40-,41-/m0/s1. The Hall–Kier alpha value is -6.74. The molecule has 15 heteroatoms. The number of aliphatic carboxylic acids is 1. The Kier molecular flexibility index (Phi) is 16.3. The Morgan fingerprint density at radius 2 is 1.09 bits per heavy atom. The van der Waals surface area contributed by atoms with Crippen molar-refractivity contribution in [1.82, 2.24) is 21.3 Å². The van der Waals surface area contributed by atoms with Crippen LogP contribution in [0, 0.1) is 0 Å². The van der Waals surface area contributed by atoms with E-state index in [1.54, 1.807) is 69.3 Å². The highest BCUT2D eigenvalue weighted by atomic mass is 16.5. The van der Waals surface area contributed by atoms with Crippen molar-refractivity contribution in [2.75, 3.05) is 13.2 Å². The summed E-state index contributed by atoms with van der Waals surface area (Å²) in [7, 11) is 0. The molecule has 4 aromatic rings. The number of nitrogens with one attached hydrogen (secondary N) is 4. The zero-order valence-electron chi connectivity index (χ0n) is 37.1. The van der Waals surface area contributed by atoms with Crippen molar-refractivity contribution >= 4 is 35.7 Å². The van der Waals surface area contributed by atoms with Gasteiger partial charge in [0.2, 0.25) is 23.6 Å². The minimum Gasteiger partial charge on any atom is -0.488 e. The number of hydrogen-bond donors (Lipinski definition) is 6. The third kappa shape index (κ3) is 14.4. The van der Waals surface area contributed by atoms with E-state index in [4.69, 9.17) is 19.9 Å². The lowest BCUT2D eigenvalue weighted by Crippen LogP contribution is -2.59. The summed E-state index contributed by atoms with van der Waals surface area (Å²) in [6.07, 6.45) is -1.47. The van der Waals surface area contributed by atoms with Gasteiger partial charge in [-0.05, 0) is 93.5 Å². The molecule has 0 radical (unpaired) electrons. The second-order valence-corrected chi connectivity index (χ2v) is 17.7. The molecule has 0 saturated heterocycles. The lowest BCUT2D eigenvalue weighted by Gasteiger charge is -2.28. The Morgan fingerprint density at radius 3 is 1.62 bits per heavy atom. The maximum Gasteiger partial charge on any atom is 0.407 e. The summed E-state index contributed by atoms with van der Waals surface area (Å²) < 4.78 is 17.7. The molecule has 0 unspecified atom stereocenters. The summed E-state index contributed by atoms with van der Waals surface area (Å²) in [6.45, 7) is 10.6. The van der Waals surface area contributed by atoms with Crippen LogP contribution in [0.5, 0.6) is 5.75 Å². The van der Waals surface area contributed by atoms with Gasteiger partial charge in [-0.15, -0.1) is 0 Å². The lowest BCUT2D eigenvalue weighted by molar-refractivity contribution is -0.143. The number of carbonyl (C=O) groups excluding carboxylic acids is 5. The van der Waals surface area contributed by atoms with E-state index >= 15 is 0 Å². The molecule has 0 spiro atoms. The number of rotatable bonds is 20. The first-order chi connectivity index (χ1) is 30.3. The number of carboxylic acid groups (broad SMARTS) is 1. The van der Waals surface area contributed by atoms with Crippen molar-refractivity contribution in [3.05, 3.63) is 125 Å². The summed E-state index contributed by atoms with van der Waals surface area (Å²) in [5.74, 6) is -4.22. The van der Waals surface area contributed by atoms with Crippen LogP contribution in [-0.2, 0) is 46.3 Å². The quantitative estimate of drug-likeness (QED) is 0.0683. The summed E-state index contributed by atoms with van der Waals surface area (Å²) in [4.78, 5) is 79.6. The fourth-order valence-corrected chi connectivity index (χ4v) is 7.21. The molecule has 7 N–H and O–H groups in total. The van der Waals surface area contributed by atoms with Gasteiger partial charge in [0.1, 0.15) is 42.1 Å². The van der Waals surface area contributed by atoms with Crippen LogP contribution in [0.25, 0.3) is 11.1 Å². The molecule has 0 saturated carbocycles. The van der Waals surface area contributed by atoms with Gasteiger partial charge in [0.15, 0.2) is 0 Å². The Bertz CT molecular complexity index is 2220. The van der Waals surface area contributed by atoms with Crippen molar-refractivity contribution in [3.63, 3.8) is 0 Å². The predicted molar refractivity (Wildman–Crippen MR) is 240 cm³/mol. The van der Waals surface area contributed by atoms with Crippen molar-refractivity contribution < 1.29 is 48.1 Å². The first-order valence-corrected chi connectivity index (χ1v) is 21.3. The summed E-state index contributed by atoms with van der Waals surface area (Å²) >= 11 is 0. The normalized spacial score (nSPS) is 14.1. The molecule has 1 aliphatic carbocycles. The topological polar surface area (TPSA) is 224 Å². The van der Waals surface area contributed by atoms with Crippen molar-refractivity contribution in [2.45, 2.75) is 109 Å². The number of ether oxygens (including phenoxy) is 3. The highest BCUT2D eigenvalue weighted by molar-refractivity contribution is 5.95. The van der Waals surface area contributed by atoms with Crippen LogP contribution in [0.4, 0.5) is 4.79 Å². The van der Waals surface area contributed by atoms with Crippen LogP contribution < -0.4 is 31.7 Å². The second-order valence-electron chi connectivity index (χ2n) is 17.7. The van der Waals surface area contributed by atoms with Crippen LogP contribution in [0.1, 0.15) is 82.6 Å². The van der Waals surface area contributed by atoms with Crippen LogP contribution in [0.2, 0.25) is 0 Å². The Labute approximate surface area is 373 Å². The minimum atomic E-state index is -1.50. The van der Waals surface area contributed by atoms with Gasteiger partial charge in [-0.3, -0.25) is 19.2 Å². The molecule has 5 amide bonds. The van der Waals surface area contributed by atoms with Crippen molar-refractivity contribution in [2.24, 2.45) is 5.73 Å². The van der Waals surface area contributed by atoms with E-state index in [9.17, 15) is 33.9 Å². The largest absolute Gasteiger partial charge is 0.488 e. The molecule has 0 bridgehead atoms. The molecular weight excluding hydrogens is 819 g/mol. The zero-order valence-corrected chi connectivity index (χ0v) is 37.1. The number of carboxylic acids is 1. The molecule has 4 aromatic carbocycles. The summed E-state index contributed by atoms with van der Waals surface area (Å²) in [5.41, 5.74) is 9.48. The molecule has 340 valence electrons. The number of fused-ring (bicyclic) bond motifs is 3.